The normalized spacial score (nSPS) is 10.7. The van der Waals surface area contributed by atoms with E-state index in [-0.39, 0.29) is 0 Å². The maximum atomic E-state index is 2.33. The molecule has 0 N–H and O–H groups in total. The fourth-order valence-electron chi connectivity index (χ4n) is 2.16. The molecule has 0 aliphatic carbocycles. The summed E-state index contributed by atoms with van der Waals surface area (Å²) in [5, 5.41) is 0. The van der Waals surface area contributed by atoms with Crippen LogP contribution >= 0.6 is 45.7 Å². The number of para-hydroxylation sites is 2. The summed E-state index contributed by atoms with van der Waals surface area (Å²) >= 11 is 6.86. The van der Waals surface area contributed by atoms with Gasteiger partial charge in [-0.25, -0.2) is 0 Å². The Labute approximate surface area is 169 Å². The van der Waals surface area contributed by atoms with E-state index in [0.717, 1.165) is 6.54 Å². The quantitative estimate of drug-likeness (QED) is 0.277. The van der Waals surface area contributed by atoms with E-state index in [1.807, 2.05) is 6.07 Å². The molecule has 3 aromatic rings. The number of halogens is 2. The van der Waals surface area contributed by atoms with Gasteiger partial charge in [0.05, 0.1) is 0 Å². The minimum absolute atomic E-state index is 1.00. The Kier molecular flexibility index (Phi) is 7.31. The largest absolute Gasteiger partial charge is 0.184 e. The molecule has 0 unspecified atom stereocenters. The molecule has 3 rings (SSSR count). The van der Waals surface area contributed by atoms with Crippen molar-refractivity contribution in [2.75, 3.05) is 0 Å². The second-order valence-electron chi connectivity index (χ2n) is 4.79. The van der Waals surface area contributed by atoms with Crippen molar-refractivity contribution in [2.45, 2.75) is 6.54 Å². The Hall–Kier alpha value is 0.0183. The molecule has 0 atom stereocenters. The van der Waals surface area contributed by atoms with Crippen molar-refractivity contribution in [1.82, 2.24) is 10.5 Å². The maximum absolute atomic E-state index is 2.33. The van der Waals surface area contributed by atoms with E-state index in [1.54, 1.807) is 0 Å². The molecule has 0 radical (unpaired) electrons. The number of hydrogen-bond donors (Lipinski definition) is 0. The van der Waals surface area contributed by atoms with Gasteiger partial charge in [-0.05, 0) is 5.56 Å². The van der Waals surface area contributed by atoms with Crippen LogP contribution in [0.15, 0.2) is 54.6 Å². The third-order valence-electron chi connectivity index (χ3n) is 3.26. The Morgan fingerprint density at radius 2 is 1.32 bits per heavy atom. The van der Waals surface area contributed by atoms with Crippen molar-refractivity contribution in [3.05, 3.63) is 64.0 Å². The summed E-state index contributed by atoms with van der Waals surface area (Å²) in [6.07, 6.45) is 0. The van der Waals surface area contributed by atoms with Gasteiger partial charge < -0.3 is 0 Å². The van der Waals surface area contributed by atoms with Crippen LogP contribution in [-0.2, 0) is 40.0 Å². The molecule has 3 nitrogen and oxygen atoms in total. The molecule has 0 saturated carbocycles. The molecular formula is C16H17I2N3Pt. The first-order valence-corrected chi connectivity index (χ1v) is 9.76. The third kappa shape index (κ3) is 4.76. The molecule has 2 aromatic carbocycles. The van der Waals surface area contributed by atoms with Crippen LogP contribution in [0.5, 0.6) is 0 Å². The van der Waals surface area contributed by atoms with Crippen LogP contribution in [0.3, 0.4) is 0 Å². The predicted octanol–water partition coefficient (Wildman–Crippen LogP) is 4.78. The van der Waals surface area contributed by atoms with Gasteiger partial charge >= 0.3 is 81.7 Å². The van der Waals surface area contributed by atoms with Crippen LogP contribution in [0.2, 0.25) is 0 Å². The molecule has 22 heavy (non-hydrogen) atoms. The fraction of sp³-hybridized carbons (Fsp3) is 0.188. The van der Waals surface area contributed by atoms with Gasteiger partial charge in [0.15, 0.2) is 0 Å². The van der Waals surface area contributed by atoms with E-state index in [2.05, 4.69) is 138 Å². The van der Waals surface area contributed by atoms with Crippen LogP contribution in [0.4, 0.5) is 0 Å². The van der Waals surface area contributed by atoms with Crippen LogP contribution < -0.4 is 0 Å². The third-order valence-corrected chi connectivity index (χ3v) is 5.47. The van der Waals surface area contributed by atoms with Gasteiger partial charge in [0, 0.05) is 52.3 Å². The van der Waals surface area contributed by atoms with Gasteiger partial charge in [0.25, 0.3) is 0 Å². The van der Waals surface area contributed by atoms with E-state index in [0.29, 0.717) is 0 Å². The molecule has 1 aromatic heterocycles. The number of hydrogen-bond acceptors (Lipinski definition) is 1. The van der Waals surface area contributed by atoms with E-state index >= 15 is 0 Å². The van der Waals surface area contributed by atoms with E-state index < -0.39 is 0 Å². The van der Waals surface area contributed by atoms with Crippen molar-refractivity contribution in [3.8, 4) is 0 Å². The average Bonchev–Trinajstić information content (AvgIpc) is 2.74. The molecule has 1 heterocycles. The monoisotopic (exact) mass is 700 g/mol. The summed E-state index contributed by atoms with van der Waals surface area (Å²) in [6, 6.07) is 18.8. The van der Waals surface area contributed by atoms with Gasteiger partial charge in [-0.1, -0.05) is 30.3 Å². The molecule has 6 heteroatoms. The number of rotatable bonds is 2. The summed E-state index contributed by atoms with van der Waals surface area (Å²) in [4.78, 5) is 0. The zero-order chi connectivity index (χ0) is 16.1. The summed E-state index contributed by atoms with van der Waals surface area (Å²) < 4.78 is 7.73. The van der Waals surface area contributed by atoms with Crippen molar-refractivity contribution in [1.29, 1.82) is 0 Å². The second kappa shape index (κ2) is 8.75. The number of nitrogens with zero attached hydrogens (tertiary/aromatic N) is 3. The topological polar surface area (TPSA) is 13.1 Å². The number of imidazole rings is 1. The van der Waals surface area contributed by atoms with Crippen LogP contribution in [-0.4, -0.2) is 10.5 Å². The Morgan fingerprint density at radius 1 is 0.864 bits per heavy atom. The summed E-state index contributed by atoms with van der Waals surface area (Å²) in [5.41, 5.74) is 3.92. The van der Waals surface area contributed by atoms with E-state index in [9.17, 15) is 0 Å². The first-order valence-electron chi connectivity index (χ1n) is 6.69. The summed E-state index contributed by atoms with van der Waals surface area (Å²) in [6.45, 7) is 1.00. The van der Waals surface area contributed by atoms with E-state index in [1.165, 1.54) is 20.4 Å². The summed E-state index contributed by atoms with van der Waals surface area (Å²) in [7, 11) is 4.18. The number of aryl methyl sites for hydroxylation is 2. The number of benzene rings is 2. The Balaban J connectivity index is 0.000000164. The molecule has 0 bridgehead atoms. The fourth-order valence-corrected chi connectivity index (χ4v) is 3.50. The zero-order valence-electron chi connectivity index (χ0n) is 12.3. The molecule has 0 amide bonds. The Bertz CT molecular complexity index is 752. The van der Waals surface area contributed by atoms with Gasteiger partial charge in [-0.2, -0.15) is 1.33 Å². The van der Waals surface area contributed by atoms with Gasteiger partial charge in [-0.15, -0.1) is 0 Å². The SMILES string of the molecule is Cn1[c](=[Pt])n(C)c2ccccc21.IN(I)Cc1ccccc1. The molecule has 0 aliphatic heterocycles. The van der Waals surface area contributed by atoms with Gasteiger partial charge in [0.1, 0.15) is 0 Å². The first kappa shape index (κ1) is 18.4. The summed E-state index contributed by atoms with van der Waals surface area (Å²) in [5.74, 6) is 0. The van der Waals surface area contributed by atoms with Crippen LogP contribution in [0.25, 0.3) is 11.0 Å². The Morgan fingerprint density at radius 3 is 1.77 bits per heavy atom. The molecule has 0 saturated heterocycles. The first-order chi connectivity index (χ1) is 10.5. The molecule has 0 spiro atoms. The smallest absolute Gasteiger partial charge is 0.0435 e. The average molecular weight is 700 g/mol. The van der Waals surface area contributed by atoms with Crippen molar-refractivity contribution in [2.24, 2.45) is 14.1 Å². The van der Waals surface area contributed by atoms with Crippen molar-refractivity contribution >= 4 is 56.8 Å². The van der Waals surface area contributed by atoms with Gasteiger partial charge in [-0.3, -0.25) is 0 Å². The molecule has 120 valence electrons. The van der Waals surface area contributed by atoms with Crippen LogP contribution in [0, 0.1) is 3.80 Å². The number of fused-ring (bicyclic) bond motifs is 1. The zero-order valence-corrected chi connectivity index (χ0v) is 18.9. The predicted molar refractivity (Wildman–Crippen MR) is 105 cm³/mol. The minimum atomic E-state index is 1.00. The number of aromatic nitrogens is 2. The molecule has 0 fully saturated rings. The van der Waals surface area contributed by atoms with Crippen molar-refractivity contribution in [3.63, 3.8) is 0 Å². The molecule has 0 aliphatic rings. The van der Waals surface area contributed by atoms with E-state index in [4.69, 9.17) is 0 Å². The second-order valence-corrected chi connectivity index (χ2v) is 9.99. The van der Waals surface area contributed by atoms with Gasteiger partial charge in [0.2, 0.25) is 0 Å². The minimum Gasteiger partial charge on any atom is -0.184 e. The standard InChI is InChI=1S/C9H10N2.C7H7I2N.Pt/c1-10-7-11(2)9-6-4-3-5-8(9)10;8-10(9)6-7-4-2-1-3-5-7;/h3-6H,1-2H3;1-5H,6H2;. The van der Waals surface area contributed by atoms with Crippen molar-refractivity contribution < 1.29 is 19.4 Å². The van der Waals surface area contributed by atoms with Crippen LogP contribution in [0.1, 0.15) is 5.56 Å². The molecular weight excluding hydrogens is 683 g/mol. The maximum Gasteiger partial charge on any atom is 0.0435 e.